The lowest BCUT2D eigenvalue weighted by Gasteiger charge is -2.30. The summed E-state index contributed by atoms with van der Waals surface area (Å²) in [5, 5.41) is 4.70. The molecule has 1 amide bonds. The van der Waals surface area contributed by atoms with Gasteiger partial charge in [0.2, 0.25) is 5.91 Å². The molecule has 184 valence electrons. The summed E-state index contributed by atoms with van der Waals surface area (Å²) in [6, 6.07) is 6.21. The maximum absolute atomic E-state index is 13.8. The quantitative estimate of drug-likeness (QED) is 0.660. The largest absolute Gasteiger partial charge is 0.387 e. The first-order chi connectivity index (χ1) is 17.1. The van der Waals surface area contributed by atoms with Crippen molar-refractivity contribution in [2.75, 3.05) is 32.8 Å². The summed E-state index contributed by atoms with van der Waals surface area (Å²) < 4.78 is 7.89. The van der Waals surface area contributed by atoms with Gasteiger partial charge in [0, 0.05) is 54.4 Å². The van der Waals surface area contributed by atoms with Crippen LogP contribution in [-0.2, 0) is 16.1 Å². The number of hydrogen-bond acceptors (Lipinski definition) is 4. The van der Waals surface area contributed by atoms with E-state index in [-0.39, 0.29) is 17.6 Å². The minimum atomic E-state index is -0.127. The molecule has 4 heterocycles. The van der Waals surface area contributed by atoms with E-state index in [0.717, 1.165) is 24.0 Å². The number of carbonyl (C=O) groups is 2. The lowest BCUT2D eigenvalue weighted by Crippen LogP contribution is -2.44. The molecule has 6 nitrogen and oxygen atoms in total. The van der Waals surface area contributed by atoms with Gasteiger partial charge in [-0.3, -0.25) is 9.59 Å². The number of ether oxygens (including phenoxy) is 1. The molecule has 1 N–H and O–H groups in total. The highest BCUT2D eigenvalue weighted by molar-refractivity contribution is 6.01. The van der Waals surface area contributed by atoms with Crippen molar-refractivity contribution in [1.82, 2.24) is 14.8 Å². The van der Waals surface area contributed by atoms with Crippen LogP contribution in [0, 0.1) is 5.92 Å². The zero-order valence-corrected chi connectivity index (χ0v) is 20.6. The summed E-state index contributed by atoms with van der Waals surface area (Å²) >= 11 is 0. The molecule has 1 aromatic carbocycles. The summed E-state index contributed by atoms with van der Waals surface area (Å²) in [6.45, 7) is 5.63. The molecule has 0 radical (unpaired) electrons. The zero-order valence-electron chi connectivity index (χ0n) is 20.6. The number of Topliss-reactive ketones (excluding diaryl/α,β-unsaturated/α-hetero) is 1. The minimum Gasteiger partial charge on any atom is -0.387 e. The van der Waals surface area contributed by atoms with Crippen LogP contribution in [0.1, 0.15) is 73.0 Å². The fourth-order valence-corrected chi connectivity index (χ4v) is 6.60. The molecule has 1 atom stereocenters. The van der Waals surface area contributed by atoms with E-state index in [9.17, 15) is 9.59 Å². The molecule has 1 unspecified atom stereocenters. The number of nitrogens with zero attached hydrogens (tertiary/aromatic N) is 2. The third kappa shape index (κ3) is 4.02. The van der Waals surface area contributed by atoms with Gasteiger partial charge >= 0.3 is 0 Å². The summed E-state index contributed by atoms with van der Waals surface area (Å²) in [7, 11) is 0. The van der Waals surface area contributed by atoms with Crippen LogP contribution in [0.3, 0.4) is 0 Å². The molecular weight excluding hydrogens is 438 g/mol. The second-order valence-corrected chi connectivity index (χ2v) is 10.5. The Morgan fingerprint density at radius 2 is 1.89 bits per heavy atom. The Labute approximate surface area is 207 Å². The Bertz CT molecular complexity index is 1230. The summed E-state index contributed by atoms with van der Waals surface area (Å²) in [5.41, 5.74) is 7.04. The first kappa shape index (κ1) is 22.6. The van der Waals surface area contributed by atoms with Gasteiger partial charge in [-0.2, -0.15) is 0 Å². The van der Waals surface area contributed by atoms with Crippen molar-refractivity contribution in [3.8, 4) is 0 Å². The number of ketones is 1. The lowest BCUT2D eigenvalue weighted by molar-refractivity contribution is -0.140. The Balaban J connectivity index is 1.54. The van der Waals surface area contributed by atoms with Crippen LogP contribution in [-0.4, -0.2) is 54.0 Å². The molecular formula is C29H35N3O3. The van der Waals surface area contributed by atoms with Crippen molar-refractivity contribution in [3.63, 3.8) is 0 Å². The van der Waals surface area contributed by atoms with Gasteiger partial charge < -0.3 is 19.5 Å². The van der Waals surface area contributed by atoms with Crippen LogP contribution in [0.15, 0.2) is 36.0 Å². The van der Waals surface area contributed by atoms with Crippen molar-refractivity contribution >= 4 is 28.2 Å². The smallest absolute Gasteiger partial charge is 0.227 e. The van der Waals surface area contributed by atoms with Gasteiger partial charge in [-0.25, -0.2) is 0 Å². The molecule has 6 heteroatoms. The van der Waals surface area contributed by atoms with E-state index in [2.05, 4.69) is 34.3 Å². The fourth-order valence-electron chi connectivity index (χ4n) is 6.60. The van der Waals surface area contributed by atoms with Crippen molar-refractivity contribution in [2.45, 2.75) is 57.9 Å². The molecule has 1 saturated heterocycles. The number of aromatic nitrogens is 1. The average Bonchev–Trinajstić information content (AvgIpc) is 3.11. The van der Waals surface area contributed by atoms with Crippen LogP contribution in [0.25, 0.3) is 16.5 Å². The maximum Gasteiger partial charge on any atom is 0.227 e. The van der Waals surface area contributed by atoms with Crippen molar-refractivity contribution < 1.29 is 14.3 Å². The molecule has 2 fully saturated rings. The number of hydrogen-bond donors (Lipinski definition) is 1. The average molecular weight is 474 g/mol. The molecule has 35 heavy (non-hydrogen) atoms. The topological polar surface area (TPSA) is 63.6 Å². The van der Waals surface area contributed by atoms with E-state index in [1.807, 2.05) is 11.0 Å². The Morgan fingerprint density at radius 3 is 2.66 bits per heavy atom. The maximum atomic E-state index is 13.8. The number of fused-ring (bicyclic) bond motifs is 5. The third-order valence-corrected chi connectivity index (χ3v) is 8.38. The highest BCUT2D eigenvalue weighted by Crippen LogP contribution is 2.47. The minimum absolute atomic E-state index is 0.0790. The molecule has 6 rings (SSSR count). The Morgan fingerprint density at radius 1 is 1.09 bits per heavy atom. The van der Waals surface area contributed by atoms with Crippen LogP contribution in [0.2, 0.25) is 0 Å². The standard InChI is InChI=1S/C29H35N3O3/c1-19(33)21-7-8-24-26(16-21)32-18-23(29(34)31-11-13-35-14-12-31)15-22-9-10-30-17-25(22)28(32)27(24)20-5-3-2-4-6-20/h7-9,16-17,20,23,30H,2-6,10-15,18H2,1H3. The van der Waals surface area contributed by atoms with E-state index in [1.165, 1.54) is 59.9 Å². The van der Waals surface area contributed by atoms with Gasteiger partial charge in [-0.1, -0.05) is 37.5 Å². The third-order valence-electron chi connectivity index (χ3n) is 8.38. The first-order valence-corrected chi connectivity index (χ1v) is 13.3. The molecule has 1 saturated carbocycles. The monoisotopic (exact) mass is 473 g/mol. The molecule has 1 aliphatic carbocycles. The van der Waals surface area contributed by atoms with Crippen molar-refractivity contribution in [3.05, 3.63) is 52.9 Å². The normalized spacial score (nSPS) is 23.0. The van der Waals surface area contributed by atoms with Crippen LogP contribution in [0.4, 0.5) is 0 Å². The predicted octanol–water partition coefficient (Wildman–Crippen LogP) is 4.64. The second kappa shape index (κ2) is 9.30. The zero-order chi connectivity index (χ0) is 23.9. The number of nitrogens with one attached hydrogen (secondary N) is 1. The van der Waals surface area contributed by atoms with E-state index < -0.39 is 0 Å². The number of allylic oxidation sites excluding steroid dienone is 2. The molecule has 1 aromatic heterocycles. The first-order valence-electron chi connectivity index (χ1n) is 13.3. The summed E-state index contributed by atoms with van der Waals surface area (Å²) in [5.74, 6) is 0.693. The lowest BCUT2D eigenvalue weighted by atomic mass is 9.80. The van der Waals surface area contributed by atoms with E-state index >= 15 is 0 Å². The molecule has 0 spiro atoms. The summed E-state index contributed by atoms with van der Waals surface area (Å²) in [4.78, 5) is 28.1. The number of morpholine rings is 1. The summed E-state index contributed by atoms with van der Waals surface area (Å²) in [6.07, 6.45) is 11.4. The number of dihydropyridines is 1. The highest BCUT2D eigenvalue weighted by Gasteiger charge is 2.36. The molecule has 0 bridgehead atoms. The van der Waals surface area contributed by atoms with Crippen LogP contribution < -0.4 is 5.32 Å². The Kier molecular flexibility index (Phi) is 6.01. The van der Waals surface area contributed by atoms with E-state index in [4.69, 9.17) is 4.74 Å². The van der Waals surface area contributed by atoms with Gasteiger partial charge in [0.05, 0.1) is 24.8 Å². The number of rotatable bonds is 3. The van der Waals surface area contributed by atoms with E-state index in [0.29, 0.717) is 38.8 Å². The highest BCUT2D eigenvalue weighted by atomic mass is 16.5. The Hall–Kier alpha value is -2.86. The van der Waals surface area contributed by atoms with Crippen LogP contribution >= 0.6 is 0 Å². The van der Waals surface area contributed by atoms with Crippen molar-refractivity contribution in [1.29, 1.82) is 0 Å². The van der Waals surface area contributed by atoms with Gasteiger partial charge in [0.1, 0.15) is 0 Å². The van der Waals surface area contributed by atoms with Gasteiger partial charge in [-0.05, 0) is 49.3 Å². The van der Waals surface area contributed by atoms with Crippen LogP contribution in [0.5, 0.6) is 0 Å². The SMILES string of the molecule is CC(=O)c1ccc2c(C3CCCCC3)c3n(c2c1)CC(C(=O)N1CCOCC1)CC1=CCNC=C13. The van der Waals surface area contributed by atoms with Gasteiger partial charge in [0.15, 0.2) is 5.78 Å². The van der Waals surface area contributed by atoms with Crippen molar-refractivity contribution in [2.24, 2.45) is 5.92 Å². The predicted molar refractivity (Wildman–Crippen MR) is 137 cm³/mol. The molecule has 2 aromatic rings. The van der Waals surface area contributed by atoms with E-state index in [1.54, 1.807) is 6.92 Å². The molecule has 3 aliphatic heterocycles. The molecule has 4 aliphatic rings. The second-order valence-electron chi connectivity index (χ2n) is 10.5. The fraction of sp³-hybridized carbons (Fsp3) is 0.517. The number of carbonyl (C=O) groups excluding carboxylic acids is 2. The van der Waals surface area contributed by atoms with Gasteiger partial charge in [-0.15, -0.1) is 0 Å². The number of amides is 1. The number of benzene rings is 1. The van der Waals surface area contributed by atoms with Gasteiger partial charge in [0.25, 0.3) is 0 Å².